The Kier molecular flexibility index (Phi) is 3.32. The molecule has 2 rings (SSSR count). The van der Waals surface area contributed by atoms with Gasteiger partial charge in [-0.15, -0.1) is 0 Å². The van der Waals surface area contributed by atoms with Gasteiger partial charge in [0, 0.05) is 6.42 Å². The molecule has 82 valence electrons. The molecule has 0 heterocycles. The van der Waals surface area contributed by atoms with Crippen LogP contribution in [0.3, 0.4) is 0 Å². The van der Waals surface area contributed by atoms with Crippen LogP contribution in [-0.2, 0) is 6.42 Å². The number of halogens is 1. The first-order chi connectivity index (χ1) is 7.75. The van der Waals surface area contributed by atoms with Crippen molar-refractivity contribution in [3.63, 3.8) is 0 Å². The van der Waals surface area contributed by atoms with E-state index in [1.807, 2.05) is 30.3 Å². The molecule has 2 heteroatoms. The Morgan fingerprint density at radius 2 is 1.56 bits per heavy atom. The molecule has 1 atom stereocenters. The first-order valence-corrected chi connectivity index (χ1v) is 5.23. The standard InChI is InChI=1S/C14H13FO/c15-13-8-6-11(7-9-13)10-14(16)12-4-2-1-3-5-12/h1-9,14,16H,10H2/t14-/m1/s1. The van der Waals surface area contributed by atoms with Gasteiger partial charge in [0.25, 0.3) is 0 Å². The molecule has 2 aromatic carbocycles. The molecule has 1 N–H and O–H groups in total. The van der Waals surface area contributed by atoms with Crippen molar-refractivity contribution < 1.29 is 9.50 Å². The van der Waals surface area contributed by atoms with Crippen LogP contribution in [0.5, 0.6) is 0 Å². The molecule has 2 aromatic rings. The van der Waals surface area contributed by atoms with Crippen molar-refractivity contribution in [2.45, 2.75) is 12.5 Å². The van der Waals surface area contributed by atoms with Crippen LogP contribution >= 0.6 is 0 Å². The van der Waals surface area contributed by atoms with Crippen LogP contribution < -0.4 is 0 Å². The summed E-state index contributed by atoms with van der Waals surface area (Å²) in [7, 11) is 0. The quantitative estimate of drug-likeness (QED) is 0.835. The van der Waals surface area contributed by atoms with Crippen molar-refractivity contribution in [3.8, 4) is 0 Å². The third-order valence-electron chi connectivity index (χ3n) is 2.53. The molecule has 16 heavy (non-hydrogen) atoms. The molecule has 0 aliphatic heterocycles. The van der Waals surface area contributed by atoms with Crippen LogP contribution in [0, 0.1) is 5.82 Å². The average molecular weight is 216 g/mol. The summed E-state index contributed by atoms with van der Waals surface area (Å²) in [6.07, 6.45) is -0.0312. The SMILES string of the molecule is O[C@H](Cc1ccc(F)cc1)c1ccccc1. The first-order valence-electron chi connectivity index (χ1n) is 5.23. The van der Waals surface area contributed by atoms with Gasteiger partial charge in [0.2, 0.25) is 0 Å². The summed E-state index contributed by atoms with van der Waals surface area (Å²) in [5.41, 5.74) is 1.81. The predicted octanol–water partition coefficient (Wildman–Crippen LogP) is 3.10. The van der Waals surface area contributed by atoms with E-state index in [-0.39, 0.29) is 5.82 Å². The Labute approximate surface area is 94.2 Å². The number of hydrogen-bond donors (Lipinski definition) is 1. The summed E-state index contributed by atoms with van der Waals surface area (Å²) < 4.78 is 12.7. The molecule has 0 saturated heterocycles. The minimum atomic E-state index is -0.535. The molecule has 0 saturated carbocycles. The normalized spacial score (nSPS) is 12.4. The topological polar surface area (TPSA) is 20.2 Å². The molecule has 0 bridgehead atoms. The summed E-state index contributed by atoms with van der Waals surface area (Å²) in [6.45, 7) is 0. The van der Waals surface area contributed by atoms with E-state index in [9.17, 15) is 9.50 Å². The molecular weight excluding hydrogens is 203 g/mol. The van der Waals surface area contributed by atoms with Gasteiger partial charge >= 0.3 is 0 Å². The Balaban J connectivity index is 2.08. The summed E-state index contributed by atoms with van der Waals surface area (Å²) in [4.78, 5) is 0. The molecule has 0 amide bonds. The maximum atomic E-state index is 12.7. The first kappa shape index (κ1) is 10.8. The molecule has 0 aromatic heterocycles. The van der Waals surface area contributed by atoms with E-state index in [0.717, 1.165) is 11.1 Å². The highest BCUT2D eigenvalue weighted by Gasteiger charge is 2.07. The molecule has 0 radical (unpaired) electrons. The van der Waals surface area contributed by atoms with Gasteiger partial charge in [0.15, 0.2) is 0 Å². The van der Waals surface area contributed by atoms with Gasteiger partial charge in [-0.05, 0) is 23.3 Å². The van der Waals surface area contributed by atoms with Gasteiger partial charge in [-0.2, -0.15) is 0 Å². The van der Waals surface area contributed by atoms with Crippen LogP contribution in [0.1, 0.15) is 17.2 Å². The third-order valence-corrected chi connectivity index (χ3v) is 2.53. The lowest BCUT2D eigenvalue weighted by atomic mass is 10.0. The number of benzene rings is 2. The number of rotatable bonds is 3. The fraction of sp³-hybridized carbons (Fsp3) is 0.143. The lowest BCUT2D eigenvalue weighted by Crippen LogP contribution is -2.01. The minimum absolute atomic E-state index is 0.252. The van der Waals surface area contributed by atoms with Gasteiger partial charge in [0.05, 0.1) is 6.10 Å². The Morgan fingerprint density at radius 1 is 0.938 bits per heavy atom. The predicted molar refractivity (Wildman–Crippen MR) is 61.5 cm³/mol. The van der Waals surface area contributed by atoms with E-state index in [4.69, 9.17) is 0 Å². The third kappa shape index (κ3) is 2.67. The number of aliphatic hydroxyl groups excluding tert-OH is 1. The summed E-state index contributed by atoms with van der Waals surface area (Å²) in [5.74, 6) is -0.252. The maximum absolute atomic E-state index is 12.7. The van der Waals surface area contributed by atoms with Crippen molar-refractivity contribution >= 4 is 0 Å². The molecular formula is C14H13FO. The fourth-order valence-corrected chi connectivity index (χ4v) is 1.64. The highest BCUT2D eigenvalue weighted by atomic mass is 19.1. The fourth-order valence-electron chi connectivity index (χ4n) is 1.64. The monoisotopic (exact) mass is 216 g/mol. The Hall–Kier alpha value is -1.67. The zero-order valence-electron chi connectivity index (χ0n) is 8.81. The maximum Gasteiger partial charge on any atom is 0.123 e. The van der Waals surface area contributed by atoms with Crippen LogP contribution in [-0.4, -0.2) is 5.11 Å². The average Bonchev–Trinajstić information content (AvgIpc) is 2.33. The van der Waals surface area contributed by atoms with Crippen molar-refractivity contribution in [1.82, 2.24) is 0 Å². The number of aliphatic hydroxyl groups is 1. The summed E-state index contributed by atoms with van der Waals surface area (Å²) in [5, 5.41) is 9.95. The van der Waals surface area contributed by atoms with Crippen LogP contribution in [0.25, 0.3) is 0 Å². The second-order valence-corrected chi connectivity index (χ2v) is 3.76. The molecule has 0 fully saturated rings. The van der Waals surface area contributed by atoms with E-state index in [0.29, 0.717) is 6.42 Å². The summed E-state index contributed by atoms with van der Waals surface area (Å²) >= 11 is 0. The van der Waals surface area contributed by atoms with Gasteiger partial charge in [-0.3, -0.25) is 0 Å². The van der Waals surface area contributed by atoms with Gasteiger partial charge in [-0.1, -0.05) is 42.5 Å². The van der Waals surface area contributed by atoms with Gasteiger partial charge in [0.1, 0.15) is 5.82 Å². The van der Waals surface area contributed by atoms with E-state index in [2.05, 4.69) is 0 Å². The molecule has 0 aliphatic rings. The van der Waals surface area contributed by atoms with Crippen molar-refractivity contribution in [3.05, 3.63) is 71.5 Å². The molecule has 0 spiro atoms. The Morgan fingerprint density at radius 3 is 2.19 bits per heavy atom. The highest BCUT2D eigenvalue weighted by molar-refractivity contribution is 5.22. The highest BCUT2D eigenvalue weighted by Crippen LogP contribution is 2.17. The van der Waals surface area contributed by atoms with Crippen molar-refractivity contribution in [2.75, 3.05) is 0 Å². The lowest BCUT2D eigenvalue weighted by Gasteiger charge is -2.10. The second-order valence-electron chi connectivity index (χ2n) is 3.76. The van der Waals surface area contributed by atoms with Crippen LogP contribution in [0.15, 0.2) is 54.6 Å². The lowest BCUT2D eigenvalue weighted by molar-refractivity contribution is 0.178. The Bertz CT molecular complexity index is 436. The van der Waals surface area contributed by atoms with Crippen molar-refractivity contribution in [2.24, 2.45) is 0 Å². The van der Waals surface area contributed by atoms with Crippen LogP contribution in [0.2, 0.25) is 0 Å². The molecule has 0 aliphatic carbocycles. The van der Waals surface area contributed by atoms with Gasteiger partial charge < -0.3 is 5.11 Å². The zero-order chi connectivity index (χ0) is 11.4. The van der Waals surface area contributed by atoms with Gasteiger partial charge in [-0.25, -0.2) is 4.39 Å². The summed E-state index contributed by atoms with van der Waals surface area (Å²) in [6, 6.07) is 15.7. The van der Waals surface area contributed by atoms with Crippen molar-refractivity contribution in [1.29, 1.82) is 0 Å². The zero-order valence-corrected chi connectivity index (χ0v) is 8.81. The smallest absolute Gasteiger partial charge is 0.123 e. The second kappa shape index (κ2) is 4.90. The molecule has 1 nitrogen and oxygen atoms in total. The number of hydrogen-bond acceptors (Lipinski definition) is 1. The largest absolute Gasteiger partial charge is 0.388 e. The minimum Gasteiger partial charge on any atom is -0.388 e. The molecule has 0 unspecified atom stereocenters. The van der Waals surface area contributed by atoms with E-state index in [1.165, 1.54) is 12.1 Å². The van der Waals surface area contributed by atoms with E-state index < -0.39 is 6.10 Å². The van der Waals surface area contributed by atoms with Crippen LogP contribution in [0.4, 0.5) is 4.39 Å². The van der Waals surface area contributed by atoms with E-state index >= 15 is 0 Å². The van der Waals surface area contributed by atoms with E-state index in [1.54, 1.807) is 12.1 Å².